The monoisotopic (exact) mass is 416 g/mol. The van der Waals surface area contributed by atoms with Crippen LogP contribution in [-0.4, -0.2) is 22.3 Å². The Morgan fingerprint density at radius 1 is 1.07 bits per heavy atom. The first-order valence-corrected chi connectivity index (χ1v) is 12.8. The van der Waals surface area contributed by atoms with Crippen molar-refractivity contribution in [3.63, 3.8) is 0 Å². The summed E-state index contributed by atoms with van der Waals surface area (Å²) in [5.74, 6) is 2.78. The lowest BCUT2D eigenvalue weighted by molar-refractivity contribution is -0.141. The summed E-state index contributed by atoms with van der Waals surface area (Å²) < 4.78 is 0. The molecular weight excluding hydrogens is 372 g/mol. The van der Waals surface area contributed by atoms with Crippen LogP contribution in [0.15, 0.2) is 11.6 Å². The third-order valence-corrected chi connectivity index (χ3v) is 10.5. The molecule has 0 saturated heterocycles. The summed E-state index contributed by atoms with van der Waals surface area (Å²) in [7, 11) is 0. The van der Waals surface area contributed by atoms with Gasteiger partial charge in [-0.1, -0.05) is 52.2 Å². The fourth-order valence-electron chi connectivity index (χ4n) is 8.54. The van der Waals surface area contributed by atoms with E-state index < -0.39 is 5.97 Å². The first-order valence-electron chi connectivity index (χ1n) is 12.8. The molecule has 0 radical (unpaired) electrons. The molecule has 4 rings (SSSR count). The quantitative estimate of drug-likeness (QED) is 0.489. The molecule has 0 amide bonds. The predicted octanol–water partition coefficient (Wildman–Crippen LogP) is 6.45. The molecule has 3 nitrogen and oxygen atoms in total. The Labute approximate surface area is 183 Å². The Morgan fingerprint density at radius 3 is 2.50 bits per heavy atom. The first kappa shape index (κ1) is 22.4. The minimum absolute atomic E-state index is 0.0764. The number of fused-ring (bicyclic) bond motifs is 5. The number of carbonyl (C=O) groups is 1. The molecule has 0 aromatic rings. The van der Waals surface area contributed by atoms with Crippen LogP contribution < -0.4 is 0 Å². The molecular formula is C27H44O3. The second kappa shape index (κ2) is 8.26. The van der Waals surface area contributed by atoms with Gasteiger partial charge in [0.05, 0.1) is 12.0 Å². The highest BCUT2D eigenvalue weighted by molar-refractivity contribution is 5.69. The summed E-state index contributed by atoms with van der Waals surface area (Å²) in [6.45, 7) is 9.41. The number of carboxylic acid groups (broad SMARTS) is 1. The highest BCUT2D eigenvalue weighted by atomic mass is 16.4. The average molecular weight is 417 g/mol. The van der Waals surface area contributed by atoms with E-state index in [0.29, 0.717) is 22.7 Å². The second-order valence-electron chi connectivity index (χ2n) is 12.1. The first-order chi connectivity index (χ1) is 14.2. The van der Waals surface area contributed by atoms with Gasteiger partial charge in [-0.25, -0.2) is 0 Å². The molecule has 0 aromatic heterocycles. The van der Waals surface area contributed by atoms with Crippen LogP contribution in [0, 0.1) is 46.3 Å². The van der Waals surface area contributed by atoms with Crippen LogP contribution in [0.25, 0.3) is 0 Å². The van der Waals surface area contributed by atoms with Crippen molar-refractivity contribution < 1.29 is 15.0 Å². The smallest absolute Gasteiger partial charge is 0.306 e. The van der Waals surface area contributed by atoms with Crippen LogP contribution in [-0.2, 0) is 4.79 Å². The number of aliphatic hydroxyl groups excluding tert-OH is 1. The van der Waals surface area contributed by atoms with E-state index in [2.05, 4.69) is 26.8 Å². The SMILES string of the molecule is C[C@H](CCC[C@H](C)C(=O)O)[C@H]1CC[C@H]2C3=CC[C@H]4C[C@H](O)CC[C@]4(C)[C@H]3CC[C@]12C. The van der Waals surface area contributed by atoms with E-state index >= 15 is 0 Å². The lowest BCUT2D eigenvalue weighted by Gasteiger charge is -2.57. The minimum atomic E-state index is -0.653. The van der Waals surface area contributed by atoms with Gasteiger partial charge in [0.2, 0.25) is 0 Å². The van der Waals surface area contributed by atoms with E-state index in [1.165, 1.54) is 44.9 Å². The molecule has 4 aliphatic carbocycles. The van der Waals surface area contributed by atoms with Crippen molar-refractivity contribution in [2.24, 2.45) is 46.3 Å². The van der Waals surface area contributed by atoms with Gasteiger partial charge in [0.1, 0.15) is 0 Å². The number of hydrogen-bond donors (Lipinski definition) is 2. The van der Waals surface area contributed by atoms with Crippen molar-refractivity contribution in [3.05, 3.63) is 11.6 Å². The minimum Gasteiger partial charge on any atom is -0.481 e. The summed E-state index contributed by atoms with van der Waals surface area (Å²) in [6.07, 6.45) is 15.3. The number of aliphatic carboxylic acids is 1. The average Bonchev–Trinajstić information content (AvgIpc) is 3.05. The lowest BCUT2D eigenvalue weighted by atomic mass is 9.47. The van der Waals surface area contributed by atoms with E-state index in [9.17, 15) is 9.90 Å². The maximum absolute atomic E-state index is 11.1. The molecule has 170 valence electrons. The van der Waals surface area contributed by atoms with Gasteiger partial charge in [0.25, 0.3) is 0 Å². The highest BCUT2D eigenvalue weighted by Crippen LogP contribution is 2.66. The number of allylic oxidation sites excluding steroid dienone is 2. The zero-order chi connectivity index (χ0) is 21.7. The Bertz CT molecular complexity index is 684. The Hall–Kier alpha value is -0.830. The number of carboxylic acids is 1. The van der Waals surface area contributed by atoms with Gasteiger partial charge in [-0.2, -0.15) is 0 Å². The van der Waals surface area contributed by atoms with Gasteiger partial charge in [-0.3, -0.25) is 4.79 Å². The standard InChI is InChI=1S/C27H44O3/c1-17(6-5-7-18(2)25(29)30)22-10-11-23-21-9-8-19-16-20(28)12-14-26(19,3)24(21)13-15-27(22,23)4/h9,17-20,22-24,28H,5-8,10-16H2,1-4H3,(H,29,30)/t17-,18+,19+,20-,22-,23+,24+,26+,27-/m1/s1. The summed E-state index contributed by atoms with van der Waals surface area (Å²) >= 11 is 0. The maximum Gasteiger partial charge on any atom is 0.306 e. The van der Waals surface area contributed by atoms with Crippen LogP contribution >= 0.6 is 0 Å². The van der Waals surface area contributed by atoms with Crippen LogP contribution in [0.3, 0.4) is 0 Å². The van der Waals surface area contributed by atoms with Crippen LogP contribution in [0.2, 0.25) is 0 Å². The van der Waals surface area contributed by atoms with E-state index in [-0.39, 0.29) is 12.0 Å². The van der Waals surface area contributed by atoms with E-state index in [1.54, 1.807) is 5.57 Å². The maximum atomic E-state index is 11.1. The van der Waals surface area contributed by atoms with Crippen molar-refractivity contribution in [1.82, 2.24) is 0 Å². The third-order valence-electron chi connectivity index (χ3n) is 10.5. The highest BCUT2D eigenvalue weighted by Gasteiger charge is 2.58. The molecule has 30 heavy (non-hydrogen) atoms. The fraction of sp³-hybridized carbons (Fsp3) is 0.889. The van der Waals surface area contributed by atoms with Crippen molar-refractivity contribution >= 4 is 5.97 Å². The number of hydrogen-bond acceptors (Lipinski definition) is 2. The Kier molecular flexibility index (Phi) is 6.16. The van der Waals surface area contributed by atoms with Gasteiger partial charge < -0.3 is 10.2 Å². The van der Waals surface area contributed by atoms with Crippen molar-refractivity contribution in [2.75, 3.05) is 0 Å². The lowest BCUT2D eigenvalue weighted by Crippen LogP contribution is -2.49. The number of aliphatic hydroxyl groups is 1. The molecule has 3 fully saturated rings. The van der Waals surface area contributed by atoms with E-state index in [1.807, 2.05) is 6.92 Å². The normalized spacial score (nSPS) is 45.0. The molecule has 3 heteroatoms. The molecule has 4 aliphatic rings. The molecule has 9 atom stereocenters. The summed E-state index contributed by atoms with van der Waals surface area (Å²) in [4.78, 5) is 11.1. The molecule has 0 aliphatic heterocycles. The molecule has 0 unspecified atom stereocenters. The Balaban J connectivity index is 1.45. The zero-order valence-electron chi connectivity index (χ0n) is 19.7. The summed E-state index contributed by atoms with van der Waals surface area (Å²) in [5.41, 5.74) is 2.63. The van der Waals surface area contributed by atoms with Gasteiger partial charge in [-0.05, 0) is 98.2 Å². The molecule has 0 spiro atoms. The predicted molar refractivity (Wildman–Crippen MR) is 121 cm³/mol. The van der Waals surface area contributed by atoms with Crippen LogP contribution in [0.4, 0.5) is 0 Å². The molecule has 2 N–H and O–H groups in total. The van der Waals surface area contributed by atoms with Gasteiger partial charge in [0, 0.05) is 0 Å². The summed E-state index contributed by atoms with van der Waals surface area (Å²) in [5, 5.41) is 19.4. The molecule has 0 bridgehead atoms. The van der Waals surface area contributed by atoms with Crippen molar-refractivity contribution in [3.8, 4) is 0 Å². The van der Waals surface area contributed by atoms with Crippen molar-refractivity contribution in [1.29, 1.82) is 0 Å². The number of rotatable bonds is 6. The van der Waals surface area contributed by atoms with E-state index in [4.69, 9.17) is 5.11 Å². The fourth-order valence-corrected chi connectivity index (χ4v) is 8.54. The topological polar surface area (TPSA) is 57.5 Å². The second-order valence-corrected chi connectivity index (χ2v) is 12.1. The third kappa shape index (κ3) is 3.67. The van der Waals surface area contributed by atoms with Gasteiger partial charge in [0.15, 0.2) is 0 Å². The van der Waals surface area contributed by atoms with Gasteiger partial charge >= 0.3 is 5.97 Å². The largest absolute Gasteiger partial charge is 0.481 e. The van der Waals surface area contributed by atoms with E-state index in [0.717, 1.165) is 43.4 Å². The molecule has 0 aromatic carbocycles. The van der Waals surface area contributed by atoms with Gasteiger partial charge in [-0.15, -0.1) is 0 Å². The van der Waals surface area contributed by atoms with Crippen LogP contribution in [0.1, 0.15) is 98.3 Å². The van der Waals surface area contributed by atoms with Crippen LogP contribution in [0.5, 0.6) is 0 Å². The Morgan fingerprint density at radius 2 is 1.77 bits per heavy atom. The van der Waals surface area contributed by atoms with Crippen molar-refractivity contribution in [2.45, 2.75) is 104 Å². The zero-order valence-corrected chi connectivity index (χ0v) is 19.7. The molecule has 3 saturated carbocycles. The molecule has 0 heterocycles. The summed E-state index contributed by atoms with van der Waals surface area (Å²) in [6, 6.07) is 0.